The van der Waals surface area contributed by atoms with Crippen molar-refractivity contribution in [1.82, 2.24) is 4.83 Å². The molecule has 1 aromatic rings. The first-order valence-electron chi connectivity index (χ1n) is 6.97. The van der Waals surface area contributed by atoms with Crippen molar-refractivity contribution in [2.45, 2.75) is 51.3 Å². The molecule has 20 heavy (non-hydrogen) atoms. The molecule has 1 aromatic carbocycles. The van der Waals surface area contributed by atoms with Crippen molar-refractivity contribution in [1.29, 1.82) is 0 Å². The van der Waals surface area contributed by atoms with Crippen LogP contribution in [0.4, 0.5) is 0 Å². The van der Waals surface area contributed by atoms with E-state index >= 15 is 0 Å². The van der Waals surface area contributed by atoms with Crippen molar-refractivity contribution in [2.75, 3.05) is 0 Å². The minimum atomic E-state index is -3.56. The van der Waals surface area contributed by atoms with Crippen LogP contribution in [-0.2, 0) is 10.0 Å². The molecule has 0 aromatic heterocycles. The van der Waals surface area contributed by atoms with E-state index in [9.17, 15) is 8.42 Å². The molecule has 0 radical (unpaired) electrons. The molecule has 0 heterocycles. The molecule has 2 rings (SSSR count). The molecule has 0 unspecified atom stereocenters. The summed E-state index contributed by atoms with van der Waals surface area (Å²) in [6.45, 7) is 6.16. The molecule has 1 aliphatic rings. The van der Waals surface area contributed by atoms with Crippen LogP contribution in [0.2, 0.25) is 0 Å². The average molecular weight is 294 g/mol. The third kappa shape index (κ3) is 3.39. The standard InChI is InChI=1S/C15H22N2O2S/c1-12-7-9-13(10-8-12)20(18,19)17-16-14-6-4-5-11-15(14,2)3/h7-10,17H,4-6,11H2,1-3H3/b16-14+. The van der Waals surface area contributed by atoms with Crippen LogP contribution in [0.25, 0.3) is 0 Å². The lowest BCUT2D eigenvalue weighted by Crippen LogP contribution is -2.31. The first kappa shape index (κ1) is 15.0. The Hall–Kier alpha value is -1.36. The lowest BCUT2D eigenvalue weighted by atomic mass is 9.76. The van der Waals surface area contributed by atoms with Crippen molar-refractivity contribution in [3.63, 3.8) is 0 Å². The van der Waals surface area contributed by atoms with Gasteiger partial charge in [-0.25, -0.2) is 4.83 Å². The Bertz CT molecular complexity index is 601. The quantitative estimate of drug-likeness (QED) is 0.870. The van der Waals surface area contributed by atoms with Crippen molar-refractivity contribution >= 4 is 15.7 Å². The monoisotopic (exact) mass is 294 g/mol. The highest BCUT2D eigenvalue weighted by Crippen LogP contribution is 2.32. The molecule has 1 saturated carbocycles. The van der Waals surface area contributed by atoms with E-state index in [2.05, 4.69) is 23.8 Å². The van der Waals surface area contributed by atoms with Gasteiger partial charge in [-0.3, -0.25) is 0 Å². The largest absolute Gasteiger partial charge is 0.276 e. The molecule has 0 spiro atoms. The summed E-state index contributed by atoms with van der Waals surface area (Å²) < 4.78 is 24.4. The number of hydrogen-bond donors (Lipinski definition) is 1. The van der Waals surface area contributed by atoms with Gasteiger partial charge in [-0.2, -0.15) is 13.5 Å². The predicted molar refractivity (Wildman–Crippen MR) is 81.2 cm³/mol. The maximum Gasteiger partial charge on any atom is 0.276 e. The minimum Gasteiger partial charge on any atom is -0.200 e. The number of rotatable bonds is 3. The van der Waals surface area contributed by atoms with E-state index in [-0.39, 0.29) is 10.3 Å². The second-order valence-electron chi connectivity index (χ2n) is 6.06. The van der Waals surface area contributed by atoms with Crippen LogP contribution >= 0.6 is 0 Å². The van der Waals surface area contributed by atoms with E-state index < -0.39 is 10.0 Å². The van der Waals surface area contributed by atoms with E-state index in [1.54, 1.807) is 24.3 Å². The molecule has 0 atom stereocenters. The Morgan fingerprint density at radius 1 is 1.15 bits per heavy atom. The molecule has 110 valence electrons. The number of benzene rings is 1. The van der Waals surface area contributed by atoms with Gasteiger partial charge in [0.15, 0.2) is 0 Å². The molecule has 0 amide bonds. The maximum atomic E-state index is 12.2. The first-order valence-corrected chi connectivity index (χ1v) is 8.45. The van der Waals surface area contributed by atoms with Gasteiger partial charge in [-0.15, -0.1) is 0 Å². The van der Waals surface area contributed by atoms with E-state index in [1.165, 1.54) is 6.42 Å². The molecular weight excluding hydrogens is 272 g/mol. The molecule has 4 nitrogen and oxygen atoms in total. The van der Waals surface area contributed by atoms with E-state index in [1.807, 2.05) is 6.92 Å². The molecule has 0 saturated heterocycles. The zero-order chi connectivity index (χ0) is 14.8. The lowest BCUT2D eigenvalue weighted by molar-refractivity contribution is 0.408. The fraction of sp³-hybridized carbons (Fsp3) is 0.533. The fourth-order valence-corrected chi connectivity index (χ4v) is 3.26. The van der Waals surface area contributed by atoms with E-state index in [4.69, 9.17) is 0 Å². The zero-order valence-corrected chi connectivity index (χ0v) is 13.1. The van der Waals surface area contributed by atoms with Gasteiger partial charge in [0.1, 0.15) is 0 Å². The number of aryl methyl sites for hydroxylation is 1. The Labute approximate surface area is 121 Å². The van der Waals surface area contributed by atoms with Gasteiger partial charge in [0.05, 0.1) is 4.90 Å². The second kappa shape index (κ2) is 5.56. The minimum absolute atomic E-state index is 0.0198. The molecule has 0 aliphatic heterocycles. The number of sulfonamides is 1. The van der Waals surface area contributed by atoms with Crippen LogP contribution in [-0.4, -0.2) is 14.1 Å². The lowest BCUT2D eigenvalue weighted by Gasteiger charge is -2.31. The van der Waals surface area contributed by atoms with Crippen molar-refractivity contribution in [3.05, 3.63) is 29.8 Å². The summed E-state index contributed by atoms with van der Waals surface area (Å²) in [4.78, 5) is 2.63. The number of nitrogens with zero attached hydrogens (tertiary/aromatic N) is 1. The number of nitrogens with one attached hydrogen (secondary N) is 1. The topological polar surface area (TPSA) is 58.5 Å². The predicted octanol–water partition coefficient (Wildman–Crippen LogP) is 3.23. The van der Waals surface area contributed by atoms with Gasteiger partial charge in [0.25, 0.3) is 10.0 Å². The average Bonchev–Trinajstić information content (AvgIpc) is 2.37. The molecule has 1 N–H and O–H groups in total. The van der Waals surface area contributed by atoms with Gasteiger partial charge in [-0.1, -0.05) is 38.0 Å². The smallest absolute Gasteiger partial charge is 0.200 e. The normalized spacial score (nSPS) is 20.9. The summed E-state index contributed by atoms with van der Waals surface area (Å²) in [6, 6.07) is 6.77. The third-order valence-corrected chi connectivity index (χ3v) is 5.10. The second-order valence-corrected chi connectivity index (χ2v) is 7.72. The number of hydrogen-bond acceptors (Lipinski definition) is 3. The van der Waals surface area contributed by atoms with Crippen LogP contribution in [0.15, 0.2) is 34.3 Å². The van der Waals surface area contributed by atoms with Crippen molar-refractivity contribution in [2.24, 2.45) is 10.5 Å². The Balaban J connectivity index is 2.18. The zero-order valence-electron chi connectivity index (χ0n) is 12.3. The van der Waals surface area contributed by atoms with Gasteiger partial charge >= 0.3 is 0 Å². The summed E-state index contributed by atoms with van der Waals surface area (Å²) in [5, 5.41) is 4.19. The highest BCUT2D eigenvalue weighted by Gasteiger charge is 2.28. The van der Waals surface area contributed by atoms with Crippen LogP contribution < -0.4 is 4.83 Å². The van der Waals surface area contributed by atoms with Crippen LogP contribution in [0, 0.1) is 12.3 Å². The highest BCUT2D eigenvalue weighted by molar-refractivity contribution is 7.89. The first-order chi connectivity index (χ1) is 9.31. The molecule has 5 heteroatoms. The number of hydrazone groups is 1. The Morgan fingerprint density at radius 2 is 1.80 bits per heavy atom. The van der Waals surface area contributed by atoms with Gasteiger partial charge in [0, 0.05) is 11.1 Å². The van der Waals surface area contributed by atoms with Gasteiger partial charge in [-0.05, 0) is 38.3 Å². The Kier molecular flexibility index (Phi) is 4.18. The summed E-state index contributed by atoms with van der Waals surface area (Å²) in [7, 11) is -3.56. The summed E-state index contributed by atoms with van der Waals surface area (Å²) in [5.74, 6) is 0. The Morgan fingerprint density at radius 3 is 2.40 bits per heavy atom. The van der Waals surface area contributed by atoms with Crippen LogP contribution in [0.5, 0.6) is 0 Å². The molecule has 1 fully saturated rings. The molecule has 0 bridgehead atoms. The molecule has 1 aliphatic carbocycles. The fourth-order valence-electron chi connectivity index (χ4n) is 2.43. The van der Waals surface area contributed by atoms with E-state index in [0.717, 1.165) is 30.5 Å². The van der Waals surface area contributed by atoms with E-state index in [0.29, 0.717) is 0 Å². The highest BCUT2D eigenvalue weighted by atomic mass is 32.2. The van der Waals surface area contributed by atoms with Crippen molar-refractivity contribution < 1.29 is 8.42 Å². The van der Waals surface area contributed by atoms with Crippen LogP contribution in [0.1, 0.15) is 45.1 Å². The van der Waals surface area contributed by atoms with Gasteiger partial charge in [0.2, 0.25) is 0 Å². The molecular formula is C15H22N2O2S. The van der Waals surface area contributed by atoms with Crippen molar-refractivity contribution in [3.8, 4) is 0 Å². The summed E-state index contributed by atoms with van der Waals surface area (Å²) in [5.41, 5.74) is 1.96. The van der Waals surface area contributed by atoms with Crippen LogP contribution in [0.3, 0.4) is 0 Å². The summed E-state index contributed by atoms with van der Waals surface area (Å²) >= 11 is 0. The van der Waals surface area contributed by atoms with Gasteiger partial charge < -0.3 is 0 Å². The maximum absolute atomic E-state index is 12.2. The third-order valence-electron chi connectivity index (χ3n) is 3.88. The SMILES string of the molecule is Cc1ccc(S(=O)(=O)N/N=C2\CCCCC2(C)C)cc1. The summed E-state index contributed by atoms with van der Waals surface area (Å²) in [6.07, 6.45) is 4.17.